The highest BCUT2D eigenvalue weighted by atomic mass is 16.5. The van der Waals surface area contributed by atoms with Crippen LogP contribution in [-0.2, 0) is 22.3 Å². The van der Waals surface area contributed by atoms with E-state index in [2.05, 4.69) is 62.4 Å². The minimum absolute atomic E-state index is 0.293. The zero-order chi connectivity index (χ0) is 32.4. The fraction of sp³-hybridized carbons (Fsp3) is 0.476. The van der Waals surface area contributed by atoms with Crippen LogP contribution >= 0.6 is 0 Å². The van der Waals surface area contributed by atoms with Crippen LogP contribution in [0.2, 0.25) is 0 Å². The maximum absolute atomic E-state index is 12.4. The lowest BCUT2D eigenvalue weighted by Crippen LogP contribution is -2.15. The Morgan fingerprint density at radius 1 is 0.522 bits per heavy atom. The van der Waals surface area contributed by atoms with Crippen molar-refractivity contribution in [1.29, 1.82) is 0 Å². The van der Waals surface area contributed by atoms with E-state index < -0.39 is 11.9 Å². The Morgan fingerprint density at radius 3 is 1.67 bits per heavy atom. The summed E-state index contributed by atoms with van der Waals surface area (Å²) in [7, 11) is 0. The first-order valence-electron chi connectivity index (χ1n) is 18.0. The number of carbonyl (C=O) groups excluding carboxylic acids is 2. The Labute approximate surface area is 276 Å². The molecule has 0 heterocycles. The molecule has 0 fully saturated rings. The Hall–Kier alpha value is -3.66. The Kier molecular flexibility index (Phi) is 15.1. The first-order valence-corrected chi connectivity index (χ1v) is 18.0. The Balaban J connectivity index is 0.000000226. The summed E-state index contributed by atoms with van der Waals surface area (Å²) in [6, 6.07) is 24.7. The molecular formula is C42H54O4. The van der Waals surface area contributed by atoms with Crippen molar-refractivity contribution >= 4 is 33.5 Å². The summed E-state index contributed by atoms with van der Waals surface area (Å²) in [5, 5.41) is 5.64. The van der Waals surface area contributed by atoms with Gasteiger partial charge in [0, 0.05) is 0 Å². The van der Waals surface area contributed by atoms with Crippen molar-refractivity contribution in [3.63, 3.8) is 0 Å². The zero-order valence-corrected chi connectivity index (χ0v) is 28.3. The highest BCUT2D eigenvalue weighted by Gasteiger charge is 2.19. The maximum Gasteiger partial charge on any atom is 0.339 e. The number of hydrogen-bond acceptors (Lipinski definition) is 4. The molecule has 0 aliphatic heterocycles. The van der Waals surface area contributed by atoms with Gasteiger partial charge in [0.05, 0.1) is 24.3 Å². The van der Waals surface area contributed by atoms with Gasteiger partial charge in [-0.05, 0) is 83.3 Å². The first-order chi connectivity index (χ1) is 22.6. The van der Waals surface area contributed by atoms with Crippen LogP contribution in [0, 0.1) is 0 Å². The van der Waals surface area contributed by atoms with E-state index >= 15 is 0 Å². The molecule has 0 amide bonds. The summed E-state index contributed by atoms with van der Waals surface area (Å²) in [6.45, 7) is 5.17. The second-order valence-electron chi connectivity index (χ2n) is 12.6. The van der Waals surface area contributed by atoms with Crippen molar-refractivity contribution in [3.05, 3.63) is 95.1 Å². The molecule has 1 aliphatic rings. The Morgan fingerprint density at radius 2 is 1.04 bits per heavy atom. The summed E-state index contributed by atoms with van der Waals surface area (Å²) in [5.41, 5.74) is 3.76. The quantitative estimate of drug-likeness (QED) is 0.0708. The molecule has 4 aromatic rings. The first kappa shape index (κ1) is 35.2. The number of aryl methyl sites for hydroxylation is 2. The highest BCUT2D eigenvalue weighted by Crippen LogP contribution is 2.33. The number of benzene rings is 4. The van der Waals surface area contributed by atoms with Gasteiger partial charge in [0.2, 0.25) is 0 Å². The van der Waals surface area contributed by atoms with E-state index in [1.807, 2.05) is 0 Å². The van der Waals surface area contributed by atoms with E-state index in [1.54, 1.807) is 35.4 Å². The van der Waals surface area contributed by atoms with Crippen LogP contribution < -0.4 is 0 Å². The fourth-order valence-electron chi connectivity index (χ4n) is 6.43. The topological polar surface area (TPSA) is 52.6 Å². The molecule has 246 valence electrons. The molecule has 46 heavy (non-hydrogen) atoms. The maximum atomic E-state index is 12.4. The van der Waals surface area contributed by atoms with Gasteiger partial charge in [-0.15, -0.1) is 0 Å². The number of carbonyl (C=O) groups is 2. The summed E-state index contributed by atoms with van der Waals surface area (Å²) in [6.07, 6.45) is 18.8. The molecule has 4 heteroatoms. The van der Waals surface area contributed by atoms with E-state index in [-0.39, 0.29) is 0 Å². The van der Waals surface area contributed by atoms with Gasteiger partial charge in [-0.2, -0.15) is 0 Å². The smallest absolute Gasteiger partial charge is 0.339 e. The second-order valence-corrected chi connectivity index (χ2v) is 12.6. The summed E-state index contributed by atoms with van der Waals surface area (Å²) in [4.78, 5) is 24.7. The largest absolute Gasteiger partial charge is 0.462 e. The minimum atomic E-state index is -0.444. The molecule has 4 aromatic carbocycles. The number of rotatable bonds is 16. The third-order valence-electron chi connectivity index (χ3n) is 9.09. The van der Waals surface area contributed by atoms with Gasteiger partial charge in [-0.1, -0.05) is 139 Å². The predicted octanol–water partition coefficient (Wildman–Crippen LogP) is 11.6. The minimum Gasteiger partial charge on any atom is -0.462 e. The number of unbranched alkanes of at least 4 members (excludes halogenated alkanes) is 10. The molecule has 0 saturated carbocycles. The molecule has 0 radical (unpaired) electrons. The van der Waals surface area contributed by atoms with Crippen LogP contribution in [-0.4, -0.2) is 25.2 Å². The molecule has 1 aliphatic carbocycles. The van der Waals surface area contributed by atoms with Gasteiger partial charge in [0.1, 0.15) is 0 Å². The van der Waals surface area contributed by atoms with E-state index in [0.717, 1.165) is 25.7 Å². The van der Waals surface area contributed by atoms with E-state index in [0.29, 0.717) is 24.3 Å². The molecule has 5 rings (SSSR count). The van der Waals surface area contributed by atoms with Crippen LogP contribution in [0.15, 0.2) is 72.8 Å². The van der Waals surface area contributed by atoms with Crippen LogP contribution in [0.25, 0.3) is 21.5 Å². The average molecular weight is 623 g/mol. The molecule has 0 unspecified atom stereocenters. The lowest BCUT2D eigenvalue weighted by atomic mass is 9.86. The fourth-order valence-corrected chi connectivity index (χ4v) is 6.43. The summed E-state index contributed by atoms with van der Waals surface area (Å²) in [5.74, 6) is -0.888. The lowest BCUT2D eigenvalue weighted by Gasteiger charge is -2.18. The van der Waals surface area contributed by atoms with Gasteiger partial charge in [-0.25, -0.2) is 9.59 Å². The SMILES string of the molecule is CCCCCCCCOC(=O)c1ccccc1C(=O)OCCCCCCCC.c1ccc2c(c1)ccc1c3c(ccc12)CCCC3. The average Bonchev–Trinajstić information content (AvgIpc) is 3.10. The second kappa shape index (κ2) is 19.8. The third-order valence-corrected chi connectivity index (χ3v) is 9.09. The van der Waals surface area contributed by atoms with Gasteiger partial charge < -0.3 is 9.47 Å². The number of hydrogen-bond donors (Lipinski definition) is 0. The van der Waals surface area contributed by atoms with Gasteiger partial charge in [0.15, 0.2) is 0 Å². The molecule has 0 N–H and O–H groups in total. The molecule has 0 saturated heterocycles. The molecule has 4 nitrogen and oxygen atoms in total. The molecule has 0 atom stereocenters. The molecule has 0 spiro atoms. The summed E-state index contributed by atoms with van der Waals surface area (Å²) < 4.78 is 10.7. The lowest BCUT2D eigenvalue weighted by molar-refractivity contribution is 0.0450. The van der Waals surface area contributed by atoms with Crippen LogP contribution in [0.1, 0.15) is 136 Å². The van der Waals surface area contributed by atoms with E-state index in [1.165, 1.54) is 98.6 Å². The van der Waals surface area contributed by atoms with E-state index in [9.17, 15) is 9.59 Å². The number of esters is 2. The third kappa shape index (κ3) is 10.4. The zero-order valence-electron chi connectivity index (χ0n) is 28.3. The monoisotopic (exact) mass is 622 g/mol. The molecular weight excluding hydrogens is 568 g/mol. The van der Waals surface area contributed by atoms with E-state index in [4.69, 9.17) is 9.47 Å². The standard InChI is InChI=1S/C24H38O4.C18H16/c1-3-5-7-9-11-15-19-27-23(25)21-17-13-14-18-22(21)24(26)28-20-16-12-10-8-6-4-2;1-3-7-15-13(5-1)9-11-18-16-8-4-2-6-14(16)10-12-17(15)18/h13-14,17-18H,3-12,15-16,19-20H2,1-2H3;1,3,5,7,9-12H,2,4,6,8H2. The van der Waals surface area contributed by atoms with Crippen LogP contribution in [0.5, 0.6) is 0 Å². The summed E-state index contributed by atoms with van der Waals surface area (Å²) >= 11 is 0. The van der Waals surface area contributed by atoms with Gasteiger partial charge in [-0.3, -0.25) is 0 Å². The molecule has 0 aromatic heterocycles. The number of fused-ring (bicyclic) bond motifs is 5. The van der Waals surface area contributed by atoms with Gasteiger partial charge >= 0.3 is 11.9 Å². The highest BCUT2D eigenvalue weighted by molar-refractivity contribution is 6.08. The Bertz CT molecular complexity index is 1470. The van der Waals surface area contributed by atoms with Gasteiger partial charge in [0.25, 0.3) is 0 Å². The van der Waals surface area contributed by atoms with Crippen LogP contribution in [0.3, 0.4) is 0 Å². The predicted molar refractivity (Wildman–Crippen MR) is 192 cm³/mol. The van der Waals surface area contributed by atoms with Crippen molar-refractivity contribution in [1.82, 2.24) is 0 Å². The van der Waals surface area contributed by atoms with Crippen LogP contribution in [0.4, 0.5) is 0 Å². The molecule has 0 bridgehead atoms. The number of ether oxygens (including phenoxy) is 2. The van der Waals surface area contributed by atoms with Crippen molar-refractivity contribution < 1.29 is 19.1 Å². The normalized spacial score (nSPS) is 12.3. The van der Waals surface area contributed by atoms with Crippen molar-refractivity contribution in [2.24, 2.45) is 0 Å². The van der Waals surface area contributed by atoms with Crippen molar-refractivity contribution in [2.45, 2.75) is 117 Å². The van der Waals surface area contributed by atoms with Crippen molar-refractivity contribution in [2.75, 3.05) is 13.2 Å². The van der Waals surface area contributed by atoms with Crippen molar-refractivity contribution in [3.8, 4) is 0 Å².